The molecule has 0 bridgehead atoms. The fraction of sp³-hybridized carbons (Fsp3) is 0.292. The van der Waals surface area contributed by atoms with Crippen LogP contribution in [0, 0.1) is 0 Å². The van der Waals surface area contributed by atoms with E-state index in [-0.39, 0.29) is 23.2 Å². The van der Waals surface area contributed by atoms with Crippen LogP contribution < -0.4 is 10.2 Å². The number of alkyl halides is 2. The number of para-hydroxylation sites is 1. The predicted octanol–water partition coefficient (Wildman–Crippen LogP) is 3.98. The third-order valence-electron chi connectivity index (χ3n) is 5.39. The maximum absolute atomic E-state index is 14.8. The summed E-state index contributed by atoms with van der Waals surface area (Å²) in [5.41, 5.74) is 1.09. The van der Waals surface area contributed by atoms with Crippen LogP contribution in [0.4, 0.5) is 20.2 Å². The number of hydrogen-bond acceptors (Lipinski definition) is 6. The van der Waals surface area contributed by atoms with Crippen molar-refractivity contribution >= 4 is 34.2 Å². The number of fused-ring (bicyclic) bond motifs is 1. The summed E-state index contributed by atoms with van der Waals surface area (Å²) in [7, 11) is 0. The Kier molecular flexibility index (Phi) is 6.50. The van der Waals surface area contributed by atoms with Gasteiger partial charge in [-0.2, -0.15) is 8.78 Å². The van der Waals surface area contributed by atoms with E-state index in [0.717, 1.165) is 11.8 Å². The highest BCUT2D eigenvalue weighted by molar-refractivity contribution is 6.11. The number of benzene rings is 2. The maximum atomic E-state index is 14.8. The van der Waals surface area contributed by atoms with Crippen LogP contribution in [0.3, 0.4) is 0 Å². The van der Waals surface area contributed by atoms with Crippen LogP contribution in [-0.2, 0) is 20.2 Å². The molecule has 7 nitrogen and oxygen atoms in total. The third-order valence-corrected chi connectivity index (χ3v) is 5.39. The van der Waals surface area contributed by atoms with Crippen LogP contribution in [0.15, 0.2) is 54.7 Å². The van der Waals surface area contributed by atoms with Gasteiger partial charge in [0, 0.05) is 35.9 Å². The Labute approximate surface area is 189 Å². The van der Waals surface area contributed by atoms with E-state index in [2.05, 4.69) is 19.9 Å². The van der Waals surface area contributed by atoms with E-state index in [0.29, 0.717) is 31.9 Å². The lowest BCUT2D eigenvalue weighted by atomic mass is 10.0. The van der Waals surface area contributed by atoms with Gasteiger partial charge in [-0.1, -0.05) is 18.2 Å². The molecule has 3 aromatic rings. The molecule has 2 heterocycles. The number of amides is 1. The molecule has 2 aromatic carbocycles. The number of nitrogens with one attached hydrogen (secondary N) is 1. The molecule has 0 radical (unpaired) electrons. The lowest BCUT2D eigenvalue weighted by Crippen LogP contribution is -2.37. The molecule has 1 saturated heterocycles. The van der Waals surface area contributed by atoms with Gasteiger partial charge < -0.3 is 19.7 Å². The standard InChI is InChI=1S/C24H23F2N3O4/c1-2-33-23(31)24(25,26)18-9-10-19(21-16(18)7-5-11-27-21)28-22(30)17-6-3-4-8-20(17)29-12-14-32-15-13-29/h3-11H,2,12-15H2,1H3,(H,28,30). The van der Waals surface area contributed by atoms with Crippen molar-refractivity contribution < 1.29 is 27.8 Å². The first-order valence-electron chi connectivity index (χ1n) is 10.6. The molecule has 1 aromatic heterocycles. The molecule has 4 rings (SSSR count). The summed E-state index contributed by atoms with van der Waals surface area (Å²) in [4.78, 5) is 31.3. The number of morpholine rings is 1. The van der Waals surface area contributed by atoms with Crippen LogP contribution >= 0.6 is 0 Å². The minimum Gasteiger partial charge on any atom is -0.461 e. The number of anilines is 2. The molecule has 1 amide bonds. The van der Waals surface area contributed by atoms with E-state index in [9.17, 15) is 18.4 Å². The quantitative estimate of drug-likeness (QED) is 0.567. The van der Waals surface area contributed by atoms with Crippen molar-refractivity contribution in [2.24, 2.45) is 0 Å². The molecule has 0 atom stereocenters. The van der Waals surface area contributed by atoms with Crippen molar-refractivity contribution in [3.63, 3.8) is 0 Å². The first-order valence-corrected chi connectivity index (χ1v) is 10.6. The van der Waals surface area contributed by atoms with Gasteiger partial charge in [-0.15, -0.1) is 0 Å². The Morgan fingerprint density at radius 1 is 1.12 bits per heavy atom. The first-order chi connectivity index (χ1) is 15.9. The highest BCUT2D eigenvalue weighted by Crippen LogP contribution is 2.37. The minimum absolute atomic E-state index is 0.0508. The monoisotopic (exact) mass is 455 g/mol. The van der Waals surface area contributed by atoms with Crippen molar-refractivity contribution in [2.45, 2.75) is 12.8 Å². The second kappa shape index (κ2) is 9.50. The van der Waals surface area contributed by atoms with Crippen molar-refractivity contribution in [3.05, 3.63) is 65.9 Å². The van der Waals surface area contributed by atoms with Crippen LogP contribution in [0.5, 0.6) is 0 Å². The minimum atomic E-state index is -3.86. The Morgan fingerprint density at radius 3 is 2.64 bits per heavy atom. The number of hydrogen-bond donors (Lipinski definition) is 1. The number of rotatable bonds is 6. The summed E-state index contributed by atoms with van der Waals surface area (Å²) in [6, 6.07) is 12.5. The van der Waals surface area contributed by atoms with Gasteiger partial charge in [0.05, 0.1) is 36.6 Å². The number of carbonyl (C=O) groups is 2. The summed E-state index contributed by atoms with van der Waals surface area (Å²) in [6.45, 7) is 3.75. The van der Waals surface area contributed by atoms with Crippen LogP contribution in [0.1, 0.15) is 22.8 Å². The van der Waals surface area contributed by atoms with E-state index in [1.165, 1.54) is 31.3 Å². The second-order valence-corrected chi connectivity index (χ2v) is 7.43. The third kappa shape index (κ3) is 4.49. The van der Waals surface area contributed by atoms with E-state index in [4.69, 9.17) is 4.74 Å². The zero-order valence-corrected chi connectivity index (χ0v) is 18.0. The van der Waals surface area contributed by atoms with E-state index >= 15 is 0 Å². The lowest BCUT2D eigenvalue weighted by molar-refractivity contribution is -0.172. The molecule has 172 valence electrons. The summed E-state index contributed by atoms with van der Waals surface area (Å²) < 4.78 is 39.5. The van der Waals surface area contributed by atoms with Crippen molar-refractivity contribution in [2.75, 3.05) is 43.1 Å². The van der Waals surface area contributed by atoms with E-state index in [1.54, 1.807) is 12.1 Å². The molecule has 1 N–H and O–H groups in total. The molecule has 9 heteroatoms. The Balaban J connectivity index is 1.69. The van der Waals surface area contributed by atoms with E-state index < -0.39 is 23.4 Å². The molecule has 1 fully saturated rings. The number of nitrogens with zero attached hydrogens (tertiary/aromatic N) is 2. The van der Waals surface area contributed by atoms with Crippen LogP contribution in [0.2, 0.25) is 0 Å². The summed E-state index contributed by atoms with van der Waals surface area (Å²) in [5, 5.41) is 2.84. The number of esters is 1. The topological polar surface area (TPSA) is 80.8 Å². The van der Waals surface area contributed by atoms with Gasteiger partial charge in [-0.3, -0.25) is 9.78 Å². The molecule has 0 saturated carbocycles. The highest BCUT2D eigenvalue weighted by Gasteiger charge is 2.44. The SMILES string of the molecule is CCOC(=O)C(F)(F)c1ccc(NC(=O)c2ccccc2N2CCOCC2)c2ncccc12. The smallest absolute Gasteiger partial charge is 0.382 e. The summed E-state index contributed by atoms with van der Waals surface area (Å²) in [6.07, 6.45) is 1.44. The van der Waals surface area contributed by atoms with Gasteiger partial charge in [0.25, 0.3) is 5.91 Å². The van der Waals surface area contributed by atoms with Crippen LogP contribution in [0.25, 0.3) is 10.9 Å². The van der Waals surface area contributed by atoms with E-state index in [1.807, 2.05) is 12.1 Å². The first kappa shape index (κ1) is 22.6. The van der Waals surface area contributed by atoms with Crippen molar-refractivity contribution in [1.29, 1.82) is 0 Å². The summed E-state index contributed by atoms with van der Waals surface area (Å²) in [5.74, 6) is -5.89. The molecular formula is C24H23F2N3O4. The molecule has 33 heavy (non-hydrogen) atoms. The molecule has 0 aliphatic carbocycles. The fourth-order valence-corrected chi connectivity index (χ4v) is 3.81. The van der Waals surface area contributed by atoms with Gasteiger partial charge in [-0.25, -0.2) is 4.79 Å². The molecule has 1 aliphatic heterocycles. The maximum Gasteiger partial charge on any atom is 0.382 e. The molecular weight excluding hydrogens is 432 g/mol. The van der Waals surface area contributed by atoms with Gasteiger partial charge in [0.15, 0.2) is 0 Å². The number of ether oxygens (including phenoxy) is 2. The highest BCUT2D eigenvalue weighted by atomic mass is 19.3. The Bertz CT molecular complexity index is 1180. The van der Waals surface area contributed by atoms with Crippen molar-refractivity contribution in [3.8, 4) is 0 Å². The number of aromatic nitrogens is 1. The molecule has 1 aliphatic rings. The number of carbonyl (C=O) groups excluding carboxylic acids is 2. The van der Waals surface area contributed by atoms with Gasteiger partial charge in [0.2, 0.25) is 0 Å². The normalized spacial score (nSPS) is 14.2. The average molecular weight is 455 g/mol. The molecule has 0 spiro atoms. The largest absolute Gasteiger partial charge is 0.461 e. The summed E-state index contributed by atoms with van der Waals surface area (Å²) >= 11 is 0. The lowest BCUT2D eigenvalue weighted by Gasteiger charge is -2.30. The molecule has 0 unspecified atom stereocenters. The fourth-order valence-electron chi connectivity index (χ4n) is 3.81. The average Bonchev–Trinajstić information content (AvgIpc) is 2.84. The van der Waals surface area contributed by atoms with Gasteiger partial charge in [0.1, 0.15) is 0 Å². The van der Waals surface area contributed by atoms with Gasteiger partial charge in [-0.05, 0) is 37.3 Å². The van der Waals surface area contributed by atoms with Gasteiger partial charge >= 0.3 is 11.9 Å². The van der Waals surface area contributed by atoms with Crippen LogP contribution in [-0.4, -0.2) is 49.8 Å². The zero-order chi connectivity index (χ0) is 23.4. The Hall–Kier alpha value is -3.59. The number of pyridine rings is 1. The number of halogens is 2. The predicted molar refractivity (Wildman–Crippen MR) is 120 cm³/mol. The zero-order valence-electron chi connectivity index (χ0n) is 18.0. The second-order valence-electron chi connectivity index (χ2n) is 7.43. The van der Waals surface area contributed by atoms with Crippen molar-refractivity contribution in [1.82, 2.24) is 4.98 Å². The Morgan fingerprint density at radius 2 is 1.88 bits per heavy atom.